The number of rotatable bonds is 8. The molecule has 1 heterocycles. The van der Waals surface area contributed by atoms with Crippen LogP contribution in [0.15, 0.2) is 41.4 Å². The van der Waals surface area contributed by atoms with E-state index in [0.29, 0.717) is 0 Å². The van der Waals surface area contributed by atoms with Crippen LogP contribution >= 0.6 is 11.3 Å². The van der Waals surface area contributed by atoms with Crippen LogP contribution in [-0.4, -0.2) is 31.0 Å². The molecule has 2 rings (SSSR count). The second kappa shape index (κ2) is 10.2. The van der Waals surface area contributed by atoms with E-state index in [1.165, 1.54) is 20.9 Å². The number of aryl methyl sites for hydroxylation is 1. The van der Waals surface area contributed by atoms with Crippen molar-refractivity contribution in [1.29, 1.82) is 0 Å². The third-order valence-corrected chi connectivity index (χ3v) is 5.23. The van der Waals surface area contributed by atoms with E-state index in [0.717, 1.165) is 38.7 Å². The second-order valence-corrected chi connectivity index (χ2v) is 7.44. The zero-order valence-electron chi connectivity index (χ0n) is 15.8. The quantitative estimate of drug-likeness (QED) is 0.557. The van der Waals surface area contributed by atoms with Gasteiger partial charge in [-0.1, -0.05) is 38.1 Å². The number of nitrogens with one attached hydrogen (secondary N) is 2. The maximum Gasteiger partial charge on any atom is 0.191 e. The van der Waals surface area contributed by atoms with Gasteiger partial charge < -0.3 is 10.6 Å². The molecule has 136 valence electrons. The fourth-order valence-electron chi connectivity index (χ4n) is 2.63. The van der Waals surface area contributed by atoms with Crippen LogP contribution in [0.2, 0.25) is 0 Å². The normalized spacial score (nSPS) is 11.8. The molecule has 0 aliphatic rings. The molecule has 0 saturated heterocycles. The van der Waals surface area contributed by atoms with E-state index in [-0.39, 0.29) is 0 Å². The van der Waals surface area contributed by atoms with Crippen LogP contribution in [-0.2, 0) is 19.6 Å². The van der Waals surface area contributed by atoms with Crippen molar-refractivity contribution in [2.75, 3.05) is 20.1 Å². The molecule has 0 amide bonds. The van der Waals surface area contributed by atoms with Crippen LogP contribution in [0.4, 0.5) is 0 Å². The van der Waals surface area contributed by atoms with Gasteiger partial charge in [-0.3, -0.25) is 9.89 Å². The zero-order valence-corrected chi connectivity index (χ0v) is 16.6. The van der Waals surface area contributed by atoms with Gasteiger partial charge in [0.2, 0.25) is 0 Å². The maximum atomic E-state index is 4.30. The molecule has 2 N–H and O–H groups in total. The standard InChI is InChI=1S/C20H30N4S/c1-5-24(6-2)15-18-10-8-17(9-11-18)13-22-20(21-4)23-14-19-12-7-16(3)25-19/h7-12H,5-6,13-15H2,1-4H3,(H2,21,22,23). The molecular formula is C20H30N4S. The van der Waals surface area contributed by atoms with Crippen molar-refractivity contribution < 1.29 is 0 Å². The van der Waals surface area contributed by atoms with Gasteiger partial charge in [0.1, 0.15) is 0 Å². The van der Waals surface area contributed by atoms with Gasteiger partial charge >= 0.3 is 0 Å². The summed E-state index contributed by atoms with van der Waals surface area (Å²) in [5, 5.41) is 6.74. The molecule has 4 nitrogen and oxygen atoms in total. The van der Waals surface area contributed by atoms with Crippen molar-refractivity contribution in [1.82, 2.24) is 15.5 Å². The molecule has 0 bridgehead atoms. The molecule has 0 unspecified atom stereocenters. The largest absolute Gasteiger partial charge is 0.352 e. The Bertz CT molecular complexity index is 657. The van der Waals surface area contributed by atoms with E-state index in [1.54, 1.807) is 0 Å². The summed E-state index contributed by atoms with van der Waals surface area (Å²) in [6.07, 6.45) is 0. The topological polar surface area (TPSA) is 39.7 Å². The number of guanidine groups is 1. The molecule has 0 fully saturated rings. The summed E-state index contributed by atoms with van der Waals surface area (Å²) in [5.41, 5.74) is 2.63. The molecule has 25 heavy (non-hydrogen) atoms. The number of thiophene rings is 1. The highest BCUT2D eigenvalue weighted by Crippen LogP contribution is 2.14. The zero-order chi connectivity index (χ0) is 18.1. The van der Waals surface area contributed by atoms with E-state index in [2.05, 4.69) is 77.7 Å². The molecule has 1 aromatic carbocycles. The number of hydrogen-bond acceptors (Lipinski definition) is 3. The molecule has 0 radical (unpaired) electrons. The maximum absolute atomic E-state index is 4.30. The van der Waals surface area contributed by atoms with E-state index in [9.17, 15) is 0 Å². The van der Waals surface area contributed by atoms with Crippen molar-refractivity contribution >= 4 is 17.3 Å². The molecule has 5 heteroatoms. The Morgan fingerprint density at radius 3 is 2.16 bits per heavy atom. The van der Waals surface area contributed by atoms with E-state index >= 15 is 0 Å². The first kappa shape index (κ1) is 19.5. The predicted molar refractivity (Wildman–Crippen MR) is 109 cm³/mol. The van der Waals surface area contributed by atoms with E-state index in [4.69, 9.17) is 0 Å². The first-order chi connectivity index (χ1) is 12.1. The summed E-state index contributed by atoms with van der Waals surface area (Å²) >= 11 is 1.82. The van der Waals surface area contributed by atoms with E-state index < -0.39 is 0 Å². The Balaban J connectivity index is 1.80. The van der Waals surface area contributed by atoms with Gasteiger partial charge in [-0.25, -0.2) is 0 Å². The molecule has 2 aromatic rings. The van der Waals surface area contributed by atoms with Gasteiger partial charge in [-0.15, -0.1) is 11.3 Å². The third-order valence-electron chi connectivity index (χ3n) is 4.23. The van der Waals surface area contributed by atoms with Gasteiger partial charge in [0, 0.05) is 29.9 Å². The lowest BCUT2D eigenvalue weighted by molar-refractivity contribution is 0.296. The molecule has 0 aliphatic carbocycles. The molecular weight excluding hydrogens is 328 g/mol. The van der Waals surface area contributed by atoms with Crippen LogP contribution in [0.3, 0.4) is 0 Å². The van der Waals surface area contributed by atoms with Gasteiger partial charge in [-0.2, -0.15) is 0 Å². The van der Waals surface area contributed by atoms with Gasteiger partial charge in [0.25, 0.3) is 0 Å². The summed E-state index contributed by atoms with van der Waals surface area (Å²) in [7, 11) is 1.81. The van der Waals surface area contributed by atoms with Gasteiger partial charge in [-0.05, 0) is 43.3 Å². The predicted octanol–water partition coefficient (Wildman–Crippen LogP) is 3.76. The Hall–Kier alpha value is -1.85. The lowest BCUT2D eigenvalue weighted by Crippen LogP contribution is -2.36. The summed E-state index contributed by atoms with van der Waals surface area (Å²) < 4.78 is 0. The highest BCUT2D eigenvalue weighted by Gasteiger charge is 2.03. The average Bonchev–Trinajstić information content (AvgIpc) is 3.06. The number of hydrogen-bond donors (Lipinski definition) is 2. The molecule has 0 spiro atoms. The lowest BCUT2D eigenvalue weighted by atomic mass is 10.1. The highest BCUT2D eigenvalue weighted by molar-refractivity contribution is 7.11. The third kappa shape index (κ3) is 6.52. The minimum atomic E-state index is 0.773. The monoisotopic (exact) mass is 358 g/mol. The van der Waals surface area contributed by atoms with Gasteiger partial charge in [0.05, 0.1) is 6.54 Å². The summed E-state index contributed by atoms with van der Waals surface area (Å²) in [6, 6.07) is 13.1. The lowest BCUT2D eigenvalue weighted by Gasteiger charge is -2.18. The fourth-order valence-corrected chi connectivity index (χ4v) is 3.46. The fraction of sp³-hybridized carbons (Fsp3) is 0.450. The van der Waals surface area contributed by atoms with Crippen molar-refractivity contribution in [2.45, 2.75) is 40.4 Å². The van der Waals surface area contributed by atoms with Crippen LogP contribution in [0, 0.1) is 6.92 Å². The highest BCUT2D eigenvalue weighted by atomic mass is 32.1. The number of nitrogens with zero attached hydrogens (tertiary/aromatic N) is 2. The molecule has 0 saturated carbocycles. The Labute approximate surface area is 156 Å². The van der Waals surface area contributed by atoms with Crippen LogP contribution in [0.5, 0.6) is 0 Å². The Morgan fingerprint density at radius 2 is 1.60 bits per heavy atom. The number of aliphatic imine (C=N–C) groups is 1. The minimum absolute atomic E-state index is 0.773. The van der Waals surface area contributed by atoms with Gasteiger partial charge in [0.15, 0.2) is 5.96 Å². The van der Waals surface area contributed by atoms with Crippen LogP contribution < -0.4 is 10.6 Å². The summed E-state index contributed by atoms with van der Waals surface area (Å²) in [6.45, 7) is 11.3. The van der Waals surface area contributed by atoms with Crippen LogP contribution in [0.25, 0.3) is 0 Å². The smallest absolute Gasteiger partial charge is 0.191 e. The van der Waals surface area contributed by atoms with Crippen molar-refractivity contribution in [3.05, 3.63) is 57.3 Å². The average molecular weight is 359 g/mol. The summed E-state index contributed by atoms with van der Waals surface area (Å²) in [5.74, 6) is 0.832. The first-order valence-corrected chi connectivity index (χ1v) is 9.76. The van der Waals surface area contributed by atoms with Crippen molar-refractivity contribution in [3.63, 3.8) is 0 Å². The molecule has 1 aromatic heterocycles. The summed E-state index contributed by atoms with van der Waals surface area (Å²) in [4.78, 5) is 9.38. The first-order valence-electron chi connectivity index (χ1n) is 8.94. The van der Waals surface area contributed by atoms with E-state index in [1.807, 2.05) is 18.4 Å². The number of benzene rings is 1. The minimum Gasteiger partial charge on any atom is -0.352 e. The van der Waals surface area contributed by atoms with Crippen LogP contribution in [0.1, 0.15) is 34.7 Å². The Morgan fingerprint density at radius 1 is 0.960 bits per heavy atom. The Kier molecular flexibility index (Phi) is 7.95. The molecule has 0 atom stereocenters. The SMILES string of the molecule is CCN(CC)Cc1ccc(CNC(=NC)NCc2ccc(C)s2)cc1. The van der Waals surface area contributed by atoms with Crippen molar-refractivity contribution in [3.8, 4) is 0 Å². The molecule has 0 aliphatic heterocycles. The second-order valence-electron chi connectivity index (χ2n) is 6.07. The van der Waals surface area contributed by atoms with Crippen molar-refractivity contribution in [2.24, 2.45) is 4.99 Å².